The van der Waals surface area contributed by atoms with Crippen LogP contribution in [0, 0.1) is 11.8 Å². The summed E-state index contributed by atoms with van der Waals surface area (Å²) in [6, 6.07) is 17.2. The van der Waals surface area contributed by atoms with Crippen molar-refractivity contribution in [2.75, 3.05) is 19.6 Å². The molecule has 0 aromatic heterocycles. The molecule has 0 bridgehead atoms. The van der Waals surface area contributed by atoms with Gasteiger partial charge in [0.2, 0.25) is 11.8 Å². The molecular weight excluding hydrogens is 520 g/mol. The first-order chi connectivity index (χ1) is 19.6. The molecule has 0 saturated carbocycles. The van der Waals surface area contributed by atoms with Crippen molar-refractivity contribution in [2.45, 2.75) is 71.7 Å². The topological polar surface area (TPSA) is 117 Å². The van der Waals surface area contributed by atoms with Crippen molar-refractivity contribution in [2.24, 2.45) is 11.8 Å². The van der Waals surface area contributed by atoms with Crippen LogP contribution in [-0.4, -0.2) is 66.4 Å². The molecule has 3 N–H and O–H groups in total. The Labute approximate surface area is 243 Å². The SMILES string of the molecule is CC(C)C[C@@H](CN1CC(=O)C(NC(=O)[C@H](CC(C)C)NC(=O)Cc2ccccc2)C1)NC(=O)OCc1ccccc1. The lowest BCUT2D eigenvalue weighted by atomic mass is 10.0. The first kappa shape index (κ1) is 31.8. The fourth-order valence-electron chi connectivity index (χ4n) is 5.01. The van der Waals surface area contributed by atoms with E-state index in [0.717, 1.165) is 11.1 Å². The molecule has 0 spiro atoms. The average molecular weight is 565 g/mol. The lowest BCUT2D eigenvalue weighted by Crippen LogP contribution is -2.52. The minimum atomic E-state index is -0.734. The second-order valence-electron chi connectivity index (χ2n) is 11.7. The van der Waals surface area contributed by atoms with Gasteiger partial charge in [-0.2, -0.15) is 0 Å². The Morgan fingerprint density at radius 3 is 2.10 bits per heavy atom. The molecule has 1 aliphatic heterocycles. The standard InChI is InChI=1S/C32H44N4O5/c1-22(2)15-26(33-32(40)41-21-25-13-9-6-10-14-25)18-36-19-28(29(37)20-36)35-31(39)27(16-23(3)4)34-30(38)17-24-11-7-5-8-12-24/h5-14,22-23,26-28H,15-21H2,1-4H3,(H,33,40)(H,34,38)(H,35,39)/t26-,27-,28?/m0/s1. The van der Waals surface area contributed by atoms with Crippen LogP contribution >= 0.6 is 0 Å². The third-order valence-corrected chi connectivity index (χ3v) is 6.86. The molecule has 1 heterocycles. The first-order valence-corrected chi connectivity index (χ1v) is 14.4. The van der Waals surface area contributed by atoms with Gasteiger partial charge in [-0.1, -0.05) is 88.4 Å². The lowest BCUT2D eigenvalue weighted by molar-refractivity contribution is -0.130. The summed E-state index contributed by atoms with van der Waals surface area (Å²) in [5.41, 5.74) is 1.77. The third-order valence-electron chi connectivity index (χ3n) is 6.86. The molecule has 1 saturated heterocycles. The number of alkyl carbamates (subject to hydrolysis) is 1. The van der Waals surface area contributed by atoms with Crippen molar-refractivity contribution in [1.82, 2.24) is 20.9 Å². The minimum absolute atomic E-state index is 0.0905. The van der Waals surface area contributed by atoms with Crippen LogP contribution < -0.4 is 16.0 Å². The maximum Gasteiger partial charge on any atom is 0.407 e. The number of rotatable bonds is 14. The Kier molecular flexibility index (Phi) is 12.3. The molecule has 2 aromatic rings. The molecule has 1 aliphatic rings. The second kappa shape index (κ2) is 15.9. The Morgan fingerprint density at radius 2 is 1.49 bits per heavy atom. The van der Waals surface area contributed by atoms with Crippen LogP contribution in [0.25, 0.3) is 0 Å². The van der Waals surface area contributed by atoms with Crippen molar-refractivity contribution >= 4 is 23.7 Å². The van der Waals surface area contributed by atoms with Crippen molar-refractivity contribution in [3.8, 4) is 0 Å². The van der Waals surface area contributed by atoms with Gasteiger partial charge in [-0.25, -0.2) is 4.79 Å². The molecule has 41 heavy (non-hydrogen) atoms. The summed E-state index contributed by atoms with van der Waals surface area (Å²) in [5, 5.41) is 8.68. The molecule has 3 amide bonds. The zero-order valence-electron chi connectivity index (χ0n) is 24.6. The van der Waals surface area contributed by atoms with Gasteiger partial charge in [0, 0.05) is 19.1 Å². The highest BCUT2D eigenvalue weighted by molar-refractivity contribution is 5.95. The average Bonchev–Trinajstić information content (AvgIpc) is 3.25. The summed E-state index contributed by atoms with van der Waals surface area (Å²) in [6.07, 6.45) is 0.850. The number of amides is 3. The number of nitrogens with zero attached hydrogens (tertiary/aromatic N) is 1. The molecule has 3 atom stereocenters. The zero-order valence-corrected chi connectivity index (χ0v) is 24.6. The summed E-state index contributed by atoms with van der Waals surface area (Å²) in [6.45, 7) is 9.27. The van der Waals surface area contributed by atoms with Crippen LogP contribution in [0.15, 0.2) is 60.7 Å². The number of carbonyl (C=O) groups is 4. The number of nitrogens with one attached hydrogen (secondary N) is 3. The molecule has 1 fully saturated rings. The van der Waals surface area contributed by atoms with E-state index in [-0.39, 0.29) is 49.1 Å². The molecule has 2 aromatic carbocycles. The van der Waals surface area contributed by atoms with Crippen molar-refractivity contribution in [3.05, 3.63) is 71.8 Å². The minimum Gasteiger partial charge on any atom is -0.445 e. The number of hydrogen-bond acceptors (Lipinski definition) is 6. The number of Topliss-reactive ketones (excluding diaryl/α,β-unsaturated/α-hetero) is 1. The zero-order chi connectivity index (χ0) is 29.8. The summed E-state index contributed by atoms with van der Waals surface area (Å²) in [4.78, 5) is 53.2. The number of hydrogen-bond donors (Lipinski definition) is 3. The number of ketones is 1. The van der Waals surface area contributed by atoms with Crippen LogP contribution in [0.4, 0.5) is 4.79 Å². The van der Waals surface area contributed by atoms with Gasteiger partial charge in [-0.3, -0.25) is 19.3 Å². The fourth-order valence-corrected chi connectivity index (χ4v) is 5.01. The Bertz CT molecular complexity index is 1140. The predicted octanol–water partition coefficient (Wildman–Crippen LogP) is 3.47. The third kappa shape index (κ3) is 11.4. The van der Waals surface area contributed by atoms with Gasteiger partial charge in [0.05, 0.1) is 13.0 Å². The number of ether oxygens (including phenoxy) is 1. The van der Waals surface area contributed by atoms with E-state index in [1.807, 2.05) is 79.4 Å². The predicted molar refractivity (Wildman–Crippen MR) is 158 cm³/mol. The van der Waals surface area contributed by atoms with E-state index in [1.54, 1.807) is 0 Å². The van der Waals surface area contributed by atoms with Crippen LogP contribution in [0.5, 0.6) is 0 Å². The van der Waals surface area contributed by atoms with E-state index in [0.29, 0.717) is 31.8 Å². The van der Waals surface area contributed by atoms with Crippen molar-refractivity contribution in [3.63, 3.8) is 0 Å². The molecule has 0 radical (unpaired) electrons. The van der Waals surface area contributed by atoms with E-state index in [2.05, 4.69) is 29.8 Å². The number of benzene rings is 2. The van der Waals surface area contributed by atoms with Crippen LogP contribution in [0.1, 0.15) is 51.7 Å². The van der Waals surface area contributed by atoms with Gasteiger partial charge in [-0.15, -0.1) is 0 Å². The number of carbonyl (C=O) groups excluding carboxylic acids is 4. The van der Waals surface area contributed by atoms with Gasteiger partial charge >= 0.3 is 6.09 Å². The Morgan fingerprint density at radius 1 is 0.878 bits per heavy atom. The highest BCUT2D eigenvalue weighted by Crippen LogP contribution is 2.13. The summed E-state index contributed by atoms with van der Waals surface area (Å²) >= 11 is 0. The van der Waals surface area contributed by atoms with Crippen LogP contribution in [0.3, 0.4) is 0 Å². The molecular formula is C32H44N4O5. The first-order valence-electron chi connectivity index (χ1n) is 14.4. The highest BCUT2D eigenvalue weighted by Gasteiger charge is 2.35. The summed E-state index contributed by atoms with van der Waals surface area (Å²) in [5.74, 6) is -0.199. The number of likely N-dealkylation sites (tertiary alicyclic amines) is 1. The molecule has 3 rings (SSSR count). The quantitative estimate of drug-likeness (QED) is 0.324. The maximum atomic E-state index is 13.2. The van der Waals surface area contributed by atoms with Crippen molar-refractivity contribution < 1.29 is 23.9 Å². The van der Waals surface area contributed by atoms with Crippen LogP contribution in [0.2, 0.25) is 0 Å². The Hall–Kier alpha value is -3.72. The smallest absolute Gasteiger partial charge is 0.407 e. The van der Waals surface area contributed by atoms with Crippen LogP contribution in [-0.2, 0) is 32.1 Å². The summed E-state index contributed by atoms with van der Waals surface area (Å²) in [7, 11) is 0. The monoisotopic (exact) mass is 564 g/mol. The van der Waals surface area contributed by atoms with Crippen molar-refractivity contribution in [1.29, 1.82) is 0 Å². The Balaban J connectivity index is 1.54. The maximum absolute atomic E-state index is 13.2. The van der Waals surface area contributed by atoms with E-state index in [1.165, 1.54) is 0 Å². The molecule has 9 heteroatoms. The van der Waals surface area contributed by atoms with E-state index >= 15 is 0 Å². The van der Waals surface area contributed by atoms with E-state index in [9.17, 15) is 19.2 Å². The van der Waals surface area contributed by atoms with E-state index < -0.39 is 18.2 Å². The summed E-state index contributed by atoms with van der Waals surface area (Å²) < 4.78 is 5.40. The molecule has 9 nitrogen and oxygen atoms in total. The van der Waals surface area contributed by atoms with Gasteiger partial charge in [0.1, 0.15) is 18.7 Å². The van der Waals surface area contributed by atoms with Gasteiger partial charge in [-0.05, 0) is 35.8 Å². The van der Waals surface area contributed by atoms with Gasteiger partial charge in [0.15, 0.2) is 5.78 Å². The largest absolute Gasteiger partial charge is 0.445 e. The van der Waals surface area contributed by atoms with Gasteiger partial charge < -0.3 is 20.7 Å². The molecule has 1 unspecified atom stereocenters. The fraction of sp³-hybridized carbons (Fsp3) is 0.500. The van der Waals surface area contributed by atoms with Gasteiger partial charge in [0.25, 0.3) is 0 Å². The highest BCUT2D eigenvalue weighted by atomic mass is 16.5. The normalized spacial score (nSPS) is 16.8. The lowest BCUT2D eigenvalue weighted by Gasteiger charge is -2.26. The second-order valence-corrected chi connectivity index (χ2v) is 11.7. The molecule has 222 valence electrons. The van der Waals surface area contributed by atoms with E-state index in [4.69, 9.17) is 4.74 Å². The molecule has 0 aliphatic carbocycles.